The largest absolute Gasteiger partial charge is 0.497 e. The summed E-state index contributed by atoms with van der Waals surface area (Å²) in [5.41, 5.74) is 7.02. The van der Waals surface area contributed by atoms with Crippen LogP contribution in [-0.2, 0) is 11.3 Å². The second-order valence-electron chi connectivity index (χ2n) is 4.44. The predicted molar refractivity (Wildman–Crippen MR) is 72.9 cm³/mol. The lowest BCUT2D eigenvalue weighted by Crippen LogP contribution is -2.26. The van der Waals surface area contributed by atoms with Crippen LogP contribution in [0.3, 0.4) is 0 Å². The number of rotatable bonds is 6. The van der Waals surface area contributed by atoms with Crippen LogP contribution in [0.1, 0.15) is 24.4 Å². The smallest absolute Gasteiger partial charge is 0.129 e. The van der Waals surface area contributed by atoms with Crippen molar-refractivity contribution in [3.05, 3.63) is 54.0 Å². The van der Waals surface area contributed by atoms with Gasteiger partial charge in [-0.2, -0.15) is 0 Å². The van der Waals surface area contributed by atoms with E-state index in [-0.39, 0.29) is 12.1 Å². The minimum absolute atomic E-state index is 0.108. The SMILES string of the molecule is COc1ccc(C(OCc2ccco2)C(C)N)cc1. The predicted octanol–water partition coefficient (Wildman–Crippen LogP) is 2.89. The van der Waals surface area contributed by atoms with Gasteiger partial charge in [-0.05, 0) is 36.8 Å². The van der Waals surface area contributed by atoms with Crippen LogP contribution in [-0.4, -0.2) is 13.2 Å². The first-order valence-electron chi connectivity index (χ1n) is 6.24. The Morgan fingerprint density at radius 2 is 1.95 bits per heavy atom. The summed E-state index contributed by atoms with van der Waals surface area (Å²) in [6, 6.07) is 11.4. The minimum Gasteiger partial charge on any atom is -0.497 e. The molecule has 1 aromatic carbocycles. The maximum absolute atomic E-state index is 5.99. The average Bonchev–Trinajstić information content (AvgIpc) is 2.92. The summed E-state index contributed by atoms with van der Waals surface area (Å²) < 4.78 is 16.2. The van der Waals surface area contributed by atoms with Crippen LogP contribution in [0.15, 0.2) is 47.1 Å². The van der Waals surface area contributed by atoms with Crippen LogP contribution in [0, 0.1) is 0 Å². The highest BCUT2D eigenvalue weighted by molar-refractivity contribution is 5.29. The fourth-order valence-corrected chi connectivity index (χ4v) is 1.91. The molecule has 1 aromatic heterocycles. The first-order valence-corrected chi connectivity index (χ1v) is 6.24. The Morgan fingerprint density at radius 1 is 1.21 bits per heavy atom. The summed E-state index contributed by atoms with van der Waals surface area (Å²) >= 11 is 0. The van der Waals surface area contributed by atoms with E-state index in [1.165, 1.54) is 0 Å². The van der Waals surface area contributed by atoms with Gasteiger partial charge in [0.25, 0.3) is 0 Å². The van der Waals surface area contributed by atoms with E-state index in [9.17, 15) is 0 Å². The average molecular weight is 261 g/mol. The van der Waals surface area contributed by atoms with Crippen molar-refractivity contribution in [1.82, 2.24) is 0 Å². The highest BCUT2D eigenvalue weighted by atomic mass is 16.5. The van der Waals surface area contributed by atoms with Gasteiger partial charge < -0.3 is 19.6 Å². The van der Waals surface area contributed by atoms with Crippen molar-refractivity contribution in [2.24, 2.45) is 5.73 Å². The molecule has 0 saturated heterocycles. The molecular weight excluding hydrogens is 242 g/mol. The van der Waals surface area contributed by atoms with Gasteiger partial charge in [-0.1, -0.05) is 12.1 Å². The van der Waals surface area contributed by atoms with Crippen molar-refractivity contribution in [1.29, 1.82) is 0 Å². The van der Waals surface area contributed by atoms with Crippen molar-refractivity contribution in [2.75, 3.05) is 7.11 Å². The Morgan fingerprint density at radius 3 is 2.47 bits per heavy atom. The van der Waals surface area contributed by atoms with Gasteiger partial charge in [0.15, 0.2) is 0 Å². The van der Waals surface area contributed by atoms with Crippen molar-refractivity contribution < 1.29 is 13.9 Å². The maximum Gasteiger partial charge on any atom is 0.129 e. The Balaban J connectivity index is 2.06. The van der Waals surface area contributed by atoms with Crippen LogP contribution in [0.2, 0.25) is 0 Å². The molecule has 2 rings (SSSR count). The number of nitrogens with two attached hydrogens (primary N) is 1. The van der Waals surface area contributed by atoms with Crippen LogP contribution in [0.5, 0.6) is 5.75 Å². The highest BCUT2D eigenvalue weighted by Gasteiger charge is 2.17. The second kappa shape index (κ2) is 6.41. The molecule has 19 heavy (non-hydrogen) atoms. The van der Waals surface area contributed by atoms with Gasteiger partial charge in [-0.3, -0.25) is 0 Å². The first-order chi connectivity index (χ1) is 9.20. The van der Waals surface area contributed by atoms with Gasteiger partial charge >= 0.3 is 0 Å². The fourth-order valence-electron chi connectivity index (χ4n) is 1.91. The number of methoxy groups -OCH3 is 1. The molecule has 102 valence electrons. The van der Waals surface area contributed by atoms with E-state index in [1.807, 2.05) is 43.3 Å². The summed E-state index contributed by atoms with van der Waals surface area (Å²) in [5.74, 6) is 1.61. The molecule has 0 radical (unpaired) electrons. The molecule has 4 heteroatoms. The summed E-state index contributed by atoms with van der Waals surface area (Å²) in [4.78, 5) is 0. The standard InChI is InChI=1S/C15H19NO3/c1-11(16)15(19-10-14-4-3-9-18-14)12-5-7-13(17-2)8-6-12/h3-9,11,15H,10,16H2,1-2H3. The van der Waals surface area contributed by atoms with E-state index in [4.69, 9.17) is 19.6 Å². The van der Waals surface area contributed by atoms with Crippen molar-refractivity contribution >= 4 is 0 Å². The second-order valence-corrected chi connectivity index (χ2v) is 4.44. The maximum atomic E-state index is 5.99. The molecule has 0 bridgehead atoms. The zero-order valence-corrected chi connectivity index (χ0v) is 11.2. The van der Waals surface area contributed by atoms with Crippen molar-refractivity contribution in [3.8, 4) is 5.75 Å². The molecule has 0 spiro atoms. The number of furan rings is 1. The minimum atomic E-state index is -0.170. The molecule has 0 saturated carbocycles. The third-order valence-electron chi connectivity index (χ3n) is 2.91. The molecule has 0 amide bonds. The lowest BCUT2D eigenvalue weighted by Gasteiger charge is -2.21. The van der Waals surface area contributed by atoms with Crippen LogP contribution in [0.25, 0.3) is 0 Å². The molecule has 0 aliphatic rings. The van der Waals surface area contributed by atoms with Crippen LogP contribution < -0.4 is 10.5 Å². The lowest BCUT2D eigenvalue weighted by molar-refractivity contribution is 0.0170. The van der Waals surface area contributed by atoms with E-state index >= 15 is 0 Å². The monoisotopic (exact) mass is 261 g/mol. The molecule has 0 aliphatic heterocycles. The number of hydrogen-bond donors (Lipinski definition) is 1. The normalized spacial score (nSPS) is 14.1. The van der Waals surface area contributed by atoms with Gasteiger partial charge in [0, 0.05) is 6.04 Å². The van der Waals surface area contributed by atoms with Gasteiger partial charge in [-0.15, -0.1) is 0 Å². The molecular formula is C15H19NO3. The molecule has 2 atom stereocenters. The Kier molecular flexibility index (Phi) is 4.60. The third kappa shape index (κ3) is 3.59. The van der Waals surface area contributed by atoms with Crippen molar-refractivity contribution in [3.63, 3.8) is 0 Å². The van der Waals surface area contributed by atoms with E-state index in [0.29, 0.717) is 6.61 Å². The molecule has 4 nitrogen and oxygen atoms in total. The van der Waals surface area contributed by atoms with E-state index in [1.54, 1.807) is 13.4 Å². The zero-order chi connectivity index (χ0) is 13.7. The Labute approximate surface area is 113 Å². The van der Waals surface area contributed by atoms with Gasteiger partial charge in [0.05, 0.1) is 19.5 Å². The quantitative estimate of drug-likeness (QED) is 0.868. The van der Waals surface area contributed by atoms with E-state index in [2.05, 4.69) is 0 Å². The van der Waals surface area contributed by atoms with Gasteiger partial charge in [0.1, 0.15) is 18.1 Å². The zero-order valence-electron chi connectivity index (χ0n) is 11.2. The number of benzene rings is 1. The van der Waals surface area contributed by atoms with Gasteiger partial charge in [-0.25, -0.2) is 0 Å². The highest BCUT2D eigenvalue weighted by Crippen LogP contribution is 2.24. The Hall–Kier alpha value is -1.78. The molecule has 1 heterocycles. The topological polar surface area (TPSA) is 57.6 Å². The van der Waals surface area contributed by atoms with E-state index < -0.39 is 0 Å². The van der Waals surface area contributed by atoms with Crippen LogP contribution >= 0.6 is 0 Å². The summed E-state index contributed by atoms with van der Waals surface area (Å²) in [6.07, 6.45) is 1.46. The fraction of sp³-hybridized carbons (Fsp3) is 0.333. The number of ether oxygens (including phenoxy) is 2. The first kappa shape index (κ1) is 13.6. The Bertz CT molecular complexity index is 477. The molecule has 0 fully saturated rings. The third-order valence-corrected chi connectivity index (χ3v) is 2.91. The summed E-state index contributed by atoms with van der Waals surface area (Å²) in [5, 5.41) is 0. The number of hydrogen-bond acceptors (Lipinski definition) is 4. The summed E-state index contributed by atoms with van der Waals surface area (Å²) in [7, 11) is 1.64. The molecule has 2 N–H and O–H groups in total. The lowest BCUT2D eigenvalue weighted by atomic mass is 10.0. The summed E-state index contributed by atoms with van der Waals surface area (Å²) in [6.45, 7) is 2.34. The van der Waals surface area contributed by atoms with Crippen LogP contribution in [0.4, 0.5) is 0 Å². The molecule has 2 unspecified atom stereocenters. The van der Waals surface area contributed by atoms with E-state index in [0.717, 1.165) is 17.1 Å². The van der Waals surface area contributed by atoms with Gasteiger partial charge in [0.2, 0.25) is 0 Å². The molecule has 0 aliphatic carbocycles. The molecule has 2 aromatic rings. The van der Waals surface area contributed by atoms with Crippen molar-refractivity contribution in [2.45, 2.75) is 25.7 Å².